The van der Waals surface area contributed by atoms with E-state index in [9.17, 15) is 18.0 Å². The zero-order chi connectivity index (χ0) is 12.8. The minimum absolute atomic E-state index is 0.488. The maximum atomic E-state index is 12.3. The van der Waals surface area contributed by atoms with Crippen molar-refractivity contribution < 1.29 is 22.7 Å². The van der Waals surface area contributed by atoms with Gasteiger partial charge in [-0.3, -0.25) is 0 Å². The molecule has 1 atom stereocenters. The van der Waals surface area contributed by atoms with Crippen LogP contribution in [0.2, 0.25) is 0 Å². The van der Waals surface area contributed by atoms with E-state index in [-0.39, 0.29) is 0 Å². The number of esters is 1. The predicted octanol–water partition coefficient (Wildman–Crippen LogP) is 3.07. The van der Waals surface area contributed by atoms with E-state index in [0.717, 1.165) is 19.3 Å². The highest BCUT2D eigenvalue weighted by atomic mass is 32.2. The van der Waals surface area contributed by atoms with Gasteiger partial charge in [0.05, 0.1) is 7.11 Å². The summed E-state index contributed by atoms with van der Waals surface area (Å²) in [7, 11) is 1.02. The van der Waals surface area contributed by atoms with Crippen LogP contribution in [0.3, 0.4) is 0 Å². The molecule has 0 aliphatic rings. The van der Waals surface area contributed by atoms with Gasteiger partial charge in [0.2, 0.25) is 0 Å². The summed E-state index contributed by atoms with van der Waals surface area (Å²) in [4.78, 5) is 11.4. The maximum absolute atomic E-state index is 12.3. The summed E-state index contributed by atoms with van der Waals surface area (Å²) in [6, 6.07) is 0. The highest BCUT2D eigenvalue weighted by molar-refractivity contribution is 8.02. The second kappa shape index (κ2) is 5.82. The molecule has 0 N–H and O–H groups in total. The van der Waals surface area contributed by atoms with Crippen molar-refractivity contribution in [2.45, 2.75) is 17.2 Å². The fourth-order valence-corrected chi connectivity index (χ4v) is 1.93. The van der Waals surface area contributed by atoms with Crippen LogP contribution in [0.15, 0.2) is 30.5 Å². The lowest BCUT2D eigenvalue weighted by atomic mass is 10.1. The van der Waals surface area contributed by atoms with Crippen LogP contribution >= 0.6 is 11.8 Å². The van der Waals surface area contributed by atoms with Crippen molar-refractivity contribution >= 4 is 17.7 Å². The molecule has 6 heteroatoms. The van der Waals surface area contributed by atoms with Crippen LogP contribution in [0.1, 0.15) is 6.92 Å². The highest BCUT2D eigenvalue weighted by Crippen LogP contribution is 2.43. The van der Waals surface area contributed by atoms with E-state index < -0.39 is 28.0 Å². The molecule has 0 saturated heterocycles. The fraction of sp³-hybridized carbons (Fsp3) is 0.400. The van der Waals surface area contributed by atoms with Gasteiger partial charge in [0.1, 0.15) is 0 Å². The molecule has 0 aromatic rings. The number of rotatable bonds is 4. The lowest BCUT2D eigenvalue weighted by molar-refractivity contribution is -0.141. The topological polar surface area (TPSA) is 26.3 Å². The van der Waals surface area contributed by atoms with Crippen molar-refractivity contribution in [3.63, 3.8) is 0 Å². The summed E-state index contributed by atoms with van der Waals surface area (Å²) in [5.74, 6) is -1.02. The van der Waals surface area contributed by atoms with E-state index in [1.165, 1.54) is 13.0 Å². The molecule has 1 unspecified atom stereocenters. The van der Waals surface area contributed by atoms with Gasteiger partial charge in [-0.25, -0.2) is 4.79 Å². The largest absolute Gasteiger partial charge is 0.467 e. The van der Waals surface area contributed by atoms with Crippen molar-refractivity contribution in [3.05, 3.63) is 30.5 Å². The van der Waals surface area contributed by atoms with E-state index in [1.54, 1.807) is 0 Å². The number of hydrogen-bond acceptors (Lipinski definition) is 3. The SMILES string of the molecule is C=C=CC(/C=C/C)(SC(F)(F)F)C(=O)OC. The van der Waals surface area contributed by atoms with Crippen LogP contribution < -0.4 is 0 Å². The van der Waals surface area contributed by atoms with Crippen LogP contribution in [0.5, 0.6) is 0 Å². The molecular formula is C10H11F3O2S. The van der Waals surface area contributed by atoms with E-state index in [0.29, 0.717) is 0 Å². The number of carbonyl (C=O) groups excluding carboxylic acids is 1. The van der Waals surface area contributed by atoms with E-state index in [1.807, 2.05) is 0 Å². The number of ether oxygens (including phenoxy) is 1. The fourth-order valence-electron chi connectivity index (χ4n) is 1.03. The molecule has 0 fully saturated rings. The molecule has 0 amide bonds. The van der Waals surface area contributed by atoms with Crippen molar-refractivity contribution in [1.29, 1.82) is 0 Å². The molecule has 0 radical (unpaired) electrons. The Bertz CT molecular complexity index is 329. The Morgan fingerprint density at radius 3 is 2.38 bits per heavy atom. The number of thioether (sulfide) groups is 1. The van der Waals surface area contributed by atoms with E-state index in [4.69, 9.17) is 0 Å². The first kappa shape index (κ1) is 14.9. The van der Waals surface area contributed by atoms with Crippen LogP contribution in [0.25, 0.3) is 0 Å². The molecule has 0 spiro atoms. The van der Waals surface area contributed by atoms with Gasteiger partial charge >= 0.3 is 11.5 Å². The summed E-state index contributed by atoms with van der Waals surface area (Å²) in [6.07, 6.45) is 3.36. The van der Waals surface area contributed by atoms with Gasteiger partial charge in [-0.1, -0.05) is 18.7 Å². The van der Waals surface area contributed by atoms with Crippen molar-refractivity contribution in [2.75, 3.05) is 7.11 Å². The Balaban J connectivity index is 5.43. The molecule has 0 bridgehead atoms. The number of carbonyl (C=O) groups is 1. The van der Waals surface area contributed by atoms with Gasteiger partial charge in [-0.15, -0.1) is 5.73 Å². The third-order valence-corrected chi connectivity index (χ3v) is 2.51. The Kier molecular flexibility index (Phi) is 5.41. The molecule has 0 aromatic carbocycles. The zero-order valence-electron chi connectivity index (χ0n) is 8.80. The minimum Gasteiger partial charge on any atom is -0.467 e. The van der Waals surface area contributed by atoms with Gasteiger partial charge in [-0.05, 0) is 24.8 Å². The maximum Gasteiger partial charge on any atom is 0.443 e. The molecular weight excluding hydrogens is 241 g/mol. The Hall–Kier alpha value is -1.13. The lowest BCUT2D eigenvalue weighted by Gasteiger charge is -2.23. The average molecular weight is 252 g/mol. The van der Waals surface area contributed by atoms with Crippen molar-refractivity contribution in [1.82, 2.24) is 0 Å². The second-order valence-electron chi connectivity index (χ2n) is 2.68. The molecule has 16 heavy (non-hydrogen) atoms. The molecule has 90 valence electrons. The van der Waals surface area contributed by atoms with Crippen molar-refractivity contribution in [2.24, 2.45) is 0 Å². The van der Waals surface area contributed by atoms with Crippen LogP contribution in [0, 0.1) is 0 Å². The molecule has 2 nitrogen and oxygen atoms in total. The van der Waals surface area contributed by atoms with Gasteiger partial charge < -0.3 is 4.74 Å². The number of alkyl halides is 3. The Morgan fingerprint density at radius 1 is 1.50 bits per heavy atom. The Morgan fingerprint density at radius 2 is 2.06 bits per heavy atom. The van der Waals surface area contributed by atoms with Crippen molar-refractivity contribution in [3.8, 4) is 0 Å². The zero-order valence-corrected chi connectivity index (χ0v) is 9.61. The molecule has 0 aliphatic carbocycles. The Labute approximate surface area is 95.8 Å². The number of methoxy groups -OCH3 is 1. The summed E-state index contributed by atoms with van der Waals surface area (Å²) in [5, 5.41) is 0. The first-order chi connectivity index (χ1) is 7.31. The van der Waals surface area contributed by atoms with Gasteiger partial charge in [0, 0.05) is 0 Å². The quantitative estimate of drug-likeness (QED) is 0.437. The molecule has 0 saturated carbocycles. The van der Waals surface area contributed by atoms with E-state index in [2.05, 4.69) is 17.0 Å². The first-order valence-electron chi connectivity index (χ1n) is 4.17. The first-order valence-corrected chi connectivity index (χ1v) is 4.99. The third-order valence-electron chi connectivity index (χ3n) is 1.52. The number of halogens is 3. The molecule has 0 aromatic heterocycles. The molecule has 0 aliphatic heterocycles. The second-order valence-corrected chi connectivity index (χ2v) is 4.02. The predicted molar refractivity (Wildman–Crippen MR) is 56.9 cm³/mol. The normalized spacial score (nSPS) is 15.3. The summed E-state index contributed by atoms with van der Waals surface area (Å²) in [5.41, 5.74) is -2.39. The van der Waals surface area contributed by atoms with Crippen LogP contribution in [-0.4, -0.2) is 23.3 Å². The van der Waals surface area contributed by atoms with Crippen LogP contribution in [-0.2, 0) is 9.53 Å². The smallest absolute Gasteiger partial charge is 0.443 e. The molecule has 0 rings (SSSR count). The monoisotopic (exact) mass is 252 g/mol. The summed E-state index contributed by atoms with van der Waals surface area (Å²) >= 11 is -0.488. The summed E-state index contributed by atoms with van der Waals surface area (Å²) in [6.45, 7) is 4.68. The third kappa shape index (κ3) is 4.16. The molecule has 0 heterocycles. The van der Waals surface area contributed by atoms with E-state index >= 15 is 0 Å². The van der Waals surface area contributed by atoms with Gasteiger partial charge in [-0.2, -0.15) is 13.2 Å². The van der Waals surface area contributed by atoms with Crippen LogP contribution in [0.4, 0.5) is 13.2 Å². The highest BCUT2D eigenvalue weighted by Gasteiger charge is 2.46. The minimum atomic E-state index is -4.57. The van der Waals surface area contributed by atoms with Gasteiger partial charge in [0.15, 0.2) is 4.75 Å². The summed E-state index contributed by atoms with van der Waals surface area (Å²) < 4.78 is 39.4. The number of hydrogen-bond donors (Lipinski definition) is 0. The van der Waals surface area contributed by atoms with Gasteiger partial charge in [0.25, 0.3) is 0 Å². The number of allylic oxidation sites excluding steroid dienone is 1. The lowest BCUT2D eigenvalue weighted by Crippen LogP contribution is -2.35. The average Bonchev–Trinajstić information content (AvgIpc) is 2.14. The standard InChI is InChI=1S/C10H11F3O2S/c1-4-6-9(7-5-2,8(14)15-3)16-10(11,12)13/h5-7H,1H2,2-3H3/b7-5+.